The van der Waals surface area contributed by atoms with Crippen molar-refractivity contribution in [2.45, 2.75) is 6.54 Å². The van der Waals surface area contributed by atoms with E-state index in [-0.39, 0.29) is 11.9 Å². The number of halogens is 1. The van der Waals surface area contributed by atoms with E-state index in [9.17, 15) is 9.59 Å². The Labute approximate surface area is 138 Å². The van der Waals surface area contributed by atoms with Crippen molar-refractivity contribution in [1.29, 1.82) is 0 Å². The van der Waals surface area contributed by atoms with Crippen molar-refractivity contribution in [2.24, 2.45) is 0 Å². The summed E-state index contributed by atoms with van der Waals surface area (Å²) in [7, 11) is 0. The molecule has 0 unspecified atom stereocenters. The van der Waals surface area contributed by atoms with E-state index in [1.54, 1.807) is 11.3 Å². The van der Waals surface area contributed by atoms with Crippen molar-refractivity contribution in [3.63, 3.8) is 0 Å². The molecule has 22 heavy (non-hydrogen) atoms. The molecule has 2 aliphatic heterocycles. The van der Waals surface area contributed by atoms with Crippen LogP contribution in [0, 0.1) is 0 Å². The van der Waals surface area contributed by atoms with Gasteiger partial charge in [0.2, 0.25) is 0 Å². The molecule has 2 fully saturated rings. The number of urea groups is 1. The minimum Gasteiger partial charge on any atom is -0.336 e. The molecular formula is C14H21ClN4O2S+2. The van der Waals surface area contributed by atoms with Gasteiger partial charge < -0.3 is 15.1 Å². The summed E-state index contributed by atoms with van der Waals surface area (Å²) in [6, 6.07) is 3.79. The maximum Gasteiger partial charge on any atom is 0.324 e. The average Bonchev–Trinajstić information content (AvgIpc) is 3.10. The summed E-state index contributed by atoms with van der Waals surface area (Å²) in [5, 5.41) is 2.67. The van der Waals surface area contributed by atoms with Gasteiger partial charge in [0.25, 0.3) is 5.91 Å². The molecule has 3 heterocycles. The van der Waals surface area contributed by atoms with Crippen LogP contribution in [0.2, 0.25) is 4.34 Å². The van der Waals surface area contributed by atoms with Gasteiger partial charge >= 0.3 is 6.03 Å². The highest BCUT2D eigenvalue weighted by Gasteiger charge is 2.31. The summed E-state index contributed by atoms with van der Waals surface area (Å²) in [4.78, 5) is 29.1. The molecule has 6 nitrogen and oxygen atoms in total. The maximum absolute atomic E-state index is 12.1. The molecule has 0 bridgehead atoms. The van der Waals surface area contributed by atoms with E-state index < -0.39 is 0 Å². The number of thiophene rings is 1. The fourth-order valence-electron chi connectivity index (χ4n) is 3.02. The summed E-state index contributed by atoms with van der Waals surface area (Å²) in [5.74, 6) is -0.0570. The lowest BCUT2D eigenvalue weighted by Gasteiger charge is -2.29. The topological polar surface area (TPSA) is 58.3 Å². The molecule has 120 valence electrons. The van der Waals surface area contributed by atoms with Crippen molar-refractivity contribution in [3.8, 4) is 0 Å². The average molecular weight is 345 g/mol. The van der Waals surface area contributed by atoms with Crippen molar-refractivity contribution in [1.82, 2.24) is 10.2 Å². The Morgan fingerprint density at radius 3 is 2.59 bits per heavy atom. The number of piperazine rings is 1. The number of carbonyl (C=O) groups excluding carboxylic acids is 2. The molecule has 0 saturated carbocycles. The number of nitrogens with zero attached hydrogens (tertiary/aromatic N) is 1. The zero-order valence-corrected chi connectivity index (χ0v) is 13.9. The van der Waals surface area contributed by atoms with Gasteiger partial charge in [0.05, 0.1) is 9.21 Å². The monoisotopic (exact) mass is 344 g/mol. The summed E-state index contributed by atoms with van der Waals surface area (Å²) >= 11 is 7.61. The van der Waals surface area contributed by atoms with E-state index >= 15 is 0 Å². The van der Waals surface area contributed by atoms with Crippen LogP contribution >= 0.6 is 22.9 Å². The predicted octanol–water partition coefficient (Wildman–Crippen LogP) is -1.76. The van der Waals surface area contributed by atoms with Gasteiger partial charge in [-0.1, -0.05) is 11.6 Å². The van der Waals surface area contributed by atoms with Gasteiger partial charge in [-0.2, -0.15) is 0 Å². The van der Waals surface area contributed by atoms with Crippen LogP contribution in [0.4, 0.5) is 4.79 Å². The molecule has 1 aromatic rings. The lowest BCUT2D eigenvalue weighted by Crippen LogP contribution is -3.28. The highest BCUT2D eigenvalue weighted by atomic mass is 35.5. The van der Waals surface area contributed by atoms with Crippen LogP contribution in [0.5, 0.6) is 0 Å². The molecule has 8 heteroatoms. The van der Waals surface area contributed by atoms with Crippen LogP contribution in [-0.4, -0.2) is 62.7 Å². The molecule has 0 radical (unpaired) electrons. The third-order valence-electron chi connectivity index (χ3n) is 4.28. The van der Waals surface area contributed by atoms with Crippen LogP contribution in [0.1, 0.15) is 4.88 Å². The standard InChI is InChI=1S/C14H19ClN4O2S/c15-12-2-1-11(22-12)9-17-5-7-18(8-6-17)10-13(20)19-4-3-16-14(19)21/h1-2H,3-10H2,(H,16,21)/p+2. The SMILES string of the molecule is O=C(C[NH+]1CC[NH+](Cc2ccc(Cl)s2)CC1)N1CCNC1=O. The van der Waals surface area contributed by atoms with Gasteiger partial charge in [0, 0.05) is 13.1 Å². The normalized spacial score (nSPS) is 25.3. The molecule has 3 amide bonds. The van der Waals surface area contributed by atoms with Gasteiger partial charge in [0.1, 0.15) is 32.7 Å². The quantitative estimate of drug-likeness (QED) is 0.606. The zero-order chi connectivity index (χ0) is 15.5. The number of rotatable bonds is 4. The molecule has 1 aromatic heterocycles. The second-order valence-corrected chi connectivity index (χ2v) is 7.64. The zero-order valence-electron chi connectivity index (χ0n) is 12.4. The third-order valence-corrected chi connectivity index (χ3v) is 5.51. The van der Waals surface area contributed by atoms with E-state index in [0.29, 0.717) is 19.6 Å². The molecule has 3 N–H and O–H groups in total. The fourth-order valence-corrected chi connectivity index (χ4v) is 4.18. The number of hydrogen-bond acceptors (Lipinski definition) is 3. The van der Waals surface area contributed by atoms with E-state index in [1.165, 1.54) is 19.6 Å². The first kappa shape index (κ1) is 15.7. The smallest absolute Gasteiger partial charge is 0.324 e. The van der Waals surface area contributed by atoms with Crippen molar-refractivity contribution in [3.05, 3.63) is 21.3 Å². The summed E-state index contributed by atoms with van der Waals surface area (Å²) in [6.07, 6.45) is 0. The lowest BCUT2D eigenvalue weighted by atomic mass is 10.3. The van der Waals surface area contributed by atoms with Crippen molar-refractivity contribution in [2.75, 3.05) is 45.8 Å². The Balaban J connectivity index is 1.43. The highest BCUT2D eigenvalue weighted by molar-refractivity contribution is 7.16. The highest BCUT2D eigenvalue weighted by Crippen LogP contribution is 2.20. The van der Waals surface area contributed by atoms with Gasteiger partial charge in [-0.25, -0.2) is 4.79 Å². The van der Waals surface area contributed by atoms with Crippen molar-refractivity contribution < 1.29 is 19.4 Å². The summed E-state index contributed by atoms with van der Waals surface area (Å²) in [5.41, 5.74) is 0. The van der Waals surface area contributed by atoms with Gasteiger partial charge in [-0.05, 0) is 12.1 Å². The largest absolute Gasteiger partial charge is 0.336 e. The first-order valence-corrected chi connectivity index (χ1v) is 8.81. The van der Waals surface area contributed by atoms with Crippen LogP contribution in [0.25, 0.3) is 0 Å². The molecule has 2 aliphatic rings. The number of quaternary nitrogens is 2. The number of nitrogens with one attached hydrogen (secondary N) is 3. The molecule has 3 rings (SSSR count). The molecule has 0 aliphatic carbocycles. The summed E-state index contributed by atoms with van der Waals surface area (Å²) in [6.45, 7) is 6.53. The molecule has 0 atom stereocenters. The second kappa shape index (κ2) is 6.95. The van der Waals surface area contributed by atoms with Crippen LogP contribution in [0.3, 0.4) is 0 Å². The molecule has 0 spiro atoms. The number of amides is 3. The summed E-state index contributed by atoms with van der Waals surface area (Å²) < 4.78 is 0.841. The van der Waals surface area contributed by atoms with Gasteiger partial charge in [0.15, 0.2) is 6.54 Å². The molecule has 0 aromatic carbocycles. The minimum atomic E-state index is -0.247. The van der Waals surface area contributed by atoms with Crippen LogP contribution < -0.4 is 15.1 Å². The fraction of sp³-hybridized carbons (Fsp3) is 0.571. The maximum atomic E-state index is 12.1. The van der Waals surface area contributed by atoms with Crippen LogP contribution in [0.15, 0.2) is 12.1 Å². The molecule has 2 saturated heterocycles. The Hall–Kier alpha value is -1.15. The number of imide groups is 1. The van der Waals surface area contributed by atoms with Crippen molar-refractivity contribution >= 4 is 34.9 Å². The third kappa shape index (κ3) is 3.78. The predicted molar refractivity (Wildman–Crippen MR) is 84.4 cm³/mol. The Morgan fingerprint density at radius 1 is 1.27 bits per heavy atom. The Morgan fingerprint density at radius 2 is 2.00 bits per heavy atom. The van der Waals surface area contributed by atoms with E-state index in [2.05, 4.69) is 11.4 Å². The first-order valence-electron chi connectivity index (χ1n) is 7.61. The Bertz CT molecular complexity index is 557. The molecular weight excluding hydrogens is 324 g/mol. The first-order chi connectivity index (χ1) is 10.6. The van der Waals surface area contributed by atoms with E-state index in [1.807, 2.05) is 6.07 Å². The van der Waals surface area contributed by atoms with E-state index in [0.717, 1.165) is 37.1 Å². The van der Waals surface area contributed by atoms with Crippen LogP contribution in [-0.2, 0) is 11.3 Å². The number of hydrogen-bond donors (Lipinski definition) is 3. The van der Waals surface area contributed by atoms with Gasteiger partial charge in [-0.15, -0.1) is 11.3 Å². The lowest BCUT2D eigenvalue weighted by molar-refractivity contribution is -1.02. The Kier molecular flexibility index (Phi) is 4.97. The van der Waals surface area contributed by atoms with E-state index in [4.69, 9.17) is 11.6 Å². The number of carbonyl (C=O) groups is 2. The minimum absolute atomic E-state index is 0.0570. The second-order valence-electron chi connectivity index (χ2n) is 5.84. The van der Waals surface area contributed by atoms with Gasteiger partial charge in [-0.3, -0.25) is 9.69 Å².